The van der Waals surface area contributed by atoms with E-state index in [2.05, 4.69) is 4.36 Å². The van der Waals surface area contributed by atoms with Crippen molar-refractivity contribution in [3.8, 4) is 0 Å². The second-order valence-corrected chi connectivity index (χ2v) is 6.73. The summed E-state index contributed by atoms with van der Waals surface area (Å²) in [4.78, 5) is 0. The Kier molecular flexibility index (Phi) is 3.74. The van der Waals surface area contributed by atoms with Crippen molar-refractivity contribution in [1.82, 2.24) is 0 Å². The van der Waals surface area contributed by atoms with Crippen LogP contribution in [0.5, 0.6) is 0 Å². The Labute approximate surface area is 81.0 Å². The quantitative estimate of drug-likeness (QED) is 0.688. The van der Waals surface area contributed by atoms with Crippen LogP contribution in [0.15, 0.2) is 4.36 Å². The predicted octanol–water partition coefficient (Wildman–Crippen LogP) is 1.67. The lowest BCUT2D eigenvalue weighted by Crippen LogP contribution is -2.22. The standard InChI is InChI=1S/C9H19NO2S/c1-8(2)13(3,11)10-9-4-6-12-7-5-9/h8-9H,4-7H2,1-3H3/t13-/m1/s1. The van der Waals surface area contributed by atoms with Crippen molar-refractivity contribution >= 4 is 9.73 Å². The third-order valence-corrected chi connectivity index (χ3v) is 4.89. The molecule has 78 valence electrons. The monoisotopic (exact) mass is 205 g/mol. The molecule has 1 heterocycles. The average Bonchev–Trinajstić information content (AvgIpc) is 2.05. The third-order valence-electron chi connectivity index (χ3n) is 2.42. The van der Waals surface area contributed by atoms with Crippen molar-refractivity contribution in [3.63, 3.8) is 0 Å². The molecule has 3 nitrogen and oxygen atoms in total. The van der Waals surface area contributed by atoms with Crippen molar-refractivity contribution in [2.24, 2.45) is 4.36 Å². The van der Waals surface area contributed by atoms with Crippen LogP contribution in [0.1, 0.15) is 26.7 Å². The summed E-state index contributed by atoms with van der Waals surface area (Å²) >= 11 is 0. The van der Waals surface area contributed by atoms with Crippen molar-refractivity contribution < 1.29 is 8.95 Å². The number of hydrogen-bond acceptors (Lipinski definition) is 3. The van der Waals surface area contributed by atoms with Crippen molar-refractivity contribution in [2.75, 3.05) is 19.5 Å². The van der Waals surface area contributed by atoms with Gasteiger partial charge in [0.15, 0.2) is 0 Å². The molecule has 1 fully saturated rings. The summed E-state index contributed by atoms with van der Waals surface area (Å²) in [7, 11) is -1.98. The van der Waals surface area contributed by atoms with E-state index in [1.165, 1.54) is 0 Å². The molecule has 1 saturated heterocycles. The van der Waals surface area contributed by atoms with Gasteiger partial charge in [-0.2, -0.15) is 0 Å². The summed E-state index contributed by atoms with van der Waals surface area (Å²) in [6.45, 7) is 5.46. The van der Waals surface area contributed by atoms with Crippen LogP contribution in [0.2, 0.25) is 0 Å². The van der Waals surface area contributed by atoms with E-state index >= 15 is 0 Å². The molecule has 0 N–H and O–H groups in total. The Bertz CT molecular complexity index is 261. The molecular formula is C9H19NO2S. The number of rotatable bonds is 2. The first kappa shape index (κ1) is 11.0. The number of hydrogen-bond donors (Lipinski definition) is 0. The van der Waals surface area contributed by atoms with E-state index in [9.17, 15) is 4.21 Å². The summed E-state index contributed by atoms with van der Waals surface area (Å²) < 4.78 is 21.6. The van der Waals surface area contributed by atoms with Crippen LogP contribution >= 0.6 is 0 Å². The maximum Gasteiger partial charge on any atom is 0.0638 e. The number of ether oxygens (including phenoxy) is 1. The lowest BCUT2D eigenvalue weighted by molar-refractivity contribution is 0.0874. The van der Waals surface area contributed by atoms with Crippen LogP contribution in [0.25, 0.3) is 0 Å². The molecule has 0 spiro atoms. The van der Waals surface area contributed by atoms with Gasteiger partial charge in [-0.1, -0.05) is 13.8 Å². The molecule has 0 radical (unpaired) electrons. The molecule has 4 heteroatoms. The largest absolute Gasteiger partial charge is 0.381 e. The topological polar surface area (TPSA) is 38.7 Å². The molecule has 0 saturated carbocycles. The van der Waals surface area contributed by atoms with Gasteiger partial charge in [0.25, 0.3) is 0 Å². The number of nitrogens with zero attached hydrogens (tertiary/aromatic N) is 1. The van der Waals surface area contributed by atoms with E-state index in [1.54, 1.807) is 6.26 Å². The molecule has 13 heavy (non-hydrogen) atoms. The second-order valence-electron chi connectivity index (χ2n) is 3.86. The first-order valence-corrected chi connectivity index (χ1v) is 6.79. The van der Waals surface area contributed by atoms with Crippen LogP contribution < -0.4 is 0 Å². The maximum atomic E-state index is 11.9. The smallest absolute Gasteiger partial charge is 0.0638 e. The molecule has 0 unspecified atom stereocenters. The highest BCUT2D eigenvalue weighted by molar-refractivity contribution is 7.93. The van der Waals surface area contributed by atoms with Gasteiger partial charge in [0.2, 0.25) is 0 Å². The van der Waals surface area contributed by atoms with Gasteiger partial charge >= 0.3 is 0 Å². The van der Waals surface area contributed by atoms with Gasteiger partial charge in [-0.05, 0) is 12.8 Å². The lowest BCUT2D eigenvalue weighted by Gasteiger charge is -2.20. The van der Waals surface area contributed by atoms with Crippen LogP contribution in [0.3, 0.4) is 0 Å². The van der Waals surface area contributed by atoms with Gasteiger partial charge in [-0.3, -0.25) is 0 Å². The Hall–Kier alpha value is -0.0900. The van der Waals surface area contributed by atoms with Crippen molar-refractivity contribution in [1.29, 1.82) is 0 Å². The van der Waals surface area contributed by atoms with Gasteiger partial charge in [0.05, 0.1) is 6.04 Å². The summed E-state index contributed by atoms with van der Waals surface area (Å²) in [6.07, 6.45) is 3.61. The van der Waals surface area contributed by atoms with E-state index < -0.39 is 9.73 Å². The normalized spacial score (nSPS) is 24.3. The van der Waals surface area contributed by atoms with E-state index in [1.807, 2.05) is 13.8 Å². The minimum absolute atomic E-state index is 0.148. The summed E-state index contributed by atoms with van der Waals surface area (Å²) in [5.74, 6) is 0. The average molecular weight is 205 g/mol. The molecular weight excluding hydrogens is 186 g/mol. The molecule has 1 atom stereocenters. The summed E-state index contributed by atoms with van der Waals surface area (Å²) in [6, 6.07) is 0.258. The molecule has 1 aliphatic heterocycles. The van der Waals surface area contributed by atoms with E-state index in [0.717, 1.165) is 26.1 Å². The Morgan fingerprint density at radius 3 is 2.38 bits per heavy atom. The lowest BCUT2D eigenvalue weighted by atomic mass is 10.1. The Balaban J connectivity index is 2.67. The molecule has 0 bridgehead atoms. The van der Waals surface area contributed by atoms with Gasteiger partial charge in [-0.15, -0.1) is 0 Å². The van der Waals surface area contributed by atoms with Crippen molar-refractivity contribution in [3.05, 3.63) is 0 Å². The van der Waals surface area contributed by atoms with Crippen LogP contribution in [-0.4, -0.2) is 35.0 Å². The first-order valence-electron chi connectivity index (χ1n) is 4.80. The van der Waals surface area contributed by atoms with E-state index in [-0.39, 0.29) is 11.3 Å². The Morgan fingerprint density at radius 2 is 1.92 bits per heavy atom. The first-order chi connectivity index (χ1) is 6.02. The highest BCUT2D eigenvalue weighted by atomic mass is 32.2. The van der Waals surface area contributed by atoms with Gasteiger partial charge in [0.1, 0.15) is 0 Å². The van der Waals surface area contributed by atoms with E-state index in [4.69, 9.17) is 4.74 Å². The van der Waals surface area contributed by atoms with Gasteiger partial charge in [0, 0.05) is 34.4 Å². The highest BCUT2D eigenvalue weighted by Gasteiger charge is 2.16. The summed E-state index contributed by atoms with van der Waals surface area (Å²) in [5, 5.41) is 0.148. The molecule has 1 aliphatic rings. The molecule has 0 amide bonds. The zero-order valence-electron chi connectivity index (χ0n) is 8.66. The van der Waals surface area contributed by atoms with Crippen LogP contribution in [0.4, 0.5) is 0 Å². The van der Waals surface area contributed by atoms with Crippen molar-refractivity contribution in [2.45, 2.75) is 38.0 Å². The van der Waals surface area contributed by atoms with Gasteiger partial charge in [-0.25, -0.2) is 8.57 Å². The molecule has 0 aromatic carbocycles. The van der Waals surface area contributed by atoms with Gasteiger partial charge < -0.3 is 4.74 Å². The fourth-order valence-electron chi connectivity index (χ4n) is 1.21. The fourth-order valence-corrected chi connectivity index (χ4v) is 2.25. The molecule has 0 aromatic heterocycles. The minimum atomic E-state index is -1.98. The van der Waals surface area contributed by atoms with Crippen LogP contribution in [0, 0.1) is 0 Å². The SMILES string of the molecule is CC(C)[S@@](C)(=O)=NC1CCOCC1. The summed E-state index contributed by atoms with van der Waals surface area (Å²) in [5.41, 5.74) is 0. The molecule has 0 aromatic rings. The maximum absolute atomic E-state index is 11.9. The third kappa shape index (κ3) is 3.27. The zero-order valence-corrected chi connectivity index (χ0v) is 9.47. The van der Waals surface area contributed by atoms with Crippen LogP contribution in [-0.2, 0) is 14.5 Å². The predicted molar refractivity (Wildman–Crippen MR) is 55.5 cm³/mol. The Morgan fingerprint density at radius 1 is 1.38 bits per heavy atom. The highest BCUT2D eigenvalue weighted by Crippen LogP contribution is 2.14. The fraction of sp³-hybridized carbons (Fsp3) is 1.00. The van der Waals surface area contributed by atoms with E-state index in [0.29, 0.717) is 0 Å². The molecule has 1 rings (SSSR count). The molecule has 0 aliphatic carbocycles. The zero-order chi connectivity index (χ0) is 9.90. The second kappa shape index (κ2) is 4.42. The minimum Gasteiger partial charge on any atom is -0.381 e.